The molecule has 2 N–H and O–H groups in total. The van der Waals surface area contributed by atoms with Gasteiger partial charge in [0.25, 0.3) is 5.91 Å². The molecule has 1 aromatic heterocycles. The number of carbonyl (C=O) groups is 1. The van der Waals surface area contributed by atoms with E-state index >= 15 is 0 Å². The molecule has 37 heavy (non-hydrogen) atoms. The van der Waals surface area contributed by atoms with E-state index in [1.165, 1.54) is 5.56 Å². The fraction of sp³-hybridized carbons (Fsp3) is 0.310. The maximum atomic E-state index is 13.4. The van der Waals surface area contributed by atoms with Gasteiger partial charge < -0.3 is 24.8 Å². The molecule has 0 atom stereocenters. The van der Waals surface area contributed by atoms with Crippen LogP contribution in [0.4, 0.5) is 11.4 Å². The predicted molar refractivity (Wildman–Crippen MR) is 149 cm³/mol. The molecule has 3 heterocycles. The fourth-order valence-corrected chi connectivity index (χ4v) is 4.56. The standard InChI is InChI=1S/C29H33BN4O3/c1-28(2)29(3,4)37-30(36-28)21-11-14-23-24(16-21)33-27(35)25(23)26(20-8-7-15-31-17-20)32-22-12-9-19(10-13-22)18-34(5)6/h7-17,32H,18H2,1-6H3,(H,33,35)/b26-25-. The minimum Gasteiger partial charge on any atom is -0.399 e. The molecule has 0 radical (unpaired) electrons. The molecule has 1 fully saturated rings. The maximum absolute atomic E-state index is 13.4. The molecule has 0 bridgehead atoms. The Balaban J connectivity index is 1.52. The first kappa shape index (κ1) is 25.2. The van der Waals surface area contributed by atoms with Gasteiger partial charge in [-0.05, 0) is 83.1 Å². The Bertz CT molecular complexity index is 1340. The second-order valence-electron chi connectivity index (χ2n) is 10.9. The lowest BCUT2D eigenvalue weighted by atomic mass is 9.78. The van der Waals surface area contributed by atoms with E-state index < -0.39 is 18.3 Å². The Morgan fingerprint density at radius 2 is 1.73 bits per heavy atom. The Kier molecular flexibility index (Phi) is 6.44. The summed E-state index contributed by atoms with van der Waals surface area (Å²) in [6.07, 6.45) is 3.49. The summed E-state index contributed by atoms with van der Waals surface area (Å²) in [4.78, 5) is 19.8. The third-order valence-corrected chi connectivity index (χ3v) is 7.24. The van der Waals surface area contributed by atoms with Crippen molar-refractivity contribution in [2.24, 2.45) is 0 Å². The van der Waals surface area contributed by atoms with E-state index in [0.29, 0.717) is 11.3 Å². The highest BCUT2D eigenvalue weighted by atomic mass is 16.7. The molecule has 5 rings (SSSR count). The molecule has 3 aromatic rings. The number of nitrogens with one attached hydrogen (secondary N) is 2. The molecule has 0 aliphatic carbocycles. The van der Waals surface area contributed by atoms with Gasteiger partial charge in [-0.15, -0.1) is 0 Å². The van der Waals surface area contributed by atoms with Gasteiger partial charge in [-0.1, -0.05) is 24.3 Å². The highest BCUT2D eigenvalue weighted by molar-refractivity contribution is 6.62. The Labute approximate surface area is 219 Å². The molecule has 0 unspecified atom stereocenters. The molecule has 0 spiro atoms. The number of benzene rings is 2. The number of nitrogens with zero attached hydrogens (tertiary/aromatic N) is 2. The Morgan fingerprint density at radius 1 is 1.03 bits per heavy atom. The summed E-state index contributed by atoms with van der Waals surface area (Å²) < 4.78 is 12.4. The van der Waals surface area contributed by atoms with E-state index in [4.69, 9.17) is 9.31 Å². The van der Waals surface area contributed by atoms with Gasteiger partial charge in [0.15, 0.2) is 0 Å². The minimum absolute atomic E-state index is 0.170. The van der Waals surface area contributed by atoms with Gasteiger partial charge in [0.05, 0.1) is 22.5 Å². The minimum atomic E-state index is -0.503. The monoisotopic (exact) mass is 496 g/mol. The summed E-state index contributed by atoms with van der Waals surface area (Å²) in [6.45, 7) is 8.98. The van der Waals surface area contributed by atoms with Crippen LogP contribution in [0, 0.1) is 0 Å². The van der Waals surface area contributed by atoms with Crippen LogP contribution in [0.3, 0.4) is 0 Å². The van der Waals surface area contributed by atoms with Gasteiger partial charge in [-0.2, -0.15) is 0 Å². The van der Waals surface area contributed by atoms with Gasteiger partial charge in [-0.25, -0.2) is 0 Å². The van der Waals surface area contributed by atoms with E-state index in [2.05, 4.69) is 32.7 Å². The van der Waals surface area contributed by atoms with Crippen LogP contribution in [0.15, 0.2) is 67.0 Å². The molecule has 2 aliphatic heterocycles. The van der Waals surface area contributed by atoms with Gasteiger partial charge in [0, 0.05) is 41.4 Å². The van der Waals surface area contributed by atoms with Crippen molar-refractivity contribution in [3.8, 4) is 0 Å². The number of pyridine rings is 1. The third kappa shape index (κ3) is 4.92. The van der Waals surface area contributed by atoms with E-state index in [1.807, 2.05) is 84.3 Å². The Hall–Kier alpha value is -3.46. The van der Waals surface area contributed by atoms with Crippen molar-refractivity contribution in [3.05, 3.63) is 83.7 Å². The van der Waals surface area contributed by atoms with Crippen molar-refractivity contribution in [2.45, 2.75) is 45.4 Å². The summed E-state index contributed by atoms with van der Waals surface area (Å²) in [5, 5.41) is 6.54. The van der Waals surface area contributed by atoms with Gasteiger partial charge in [-0.3, -0.25) is 9.78 Å². The number of amides is 1. The van der Waals surface area contributed by atoms with Crippen molar-refractivity contribution >= 4 is 41.1 Å². The number of anilines is 2. The van der Waals surface area contributed by atoms with Crippen LogP contribution in [-0.2, 0) is 20.6 Å². The van der Waals surface area contributed by atoms with Crippen LogP contribution in [-0.4, -0.2) is 48.2 Å². The van der Waals surface area contributed by atoms with Crippen LogP contribution in [0.5, 0.6) is 0 Å². The molecule has 190 valence electrons. The van der Waals surface area contributed by atoms with Crippen molar-refractivity contribution in [3.63, 3.8) is 0 Å². The summed E-state index contributed by atoms with van der Waals surface area (Å²) in [5.74, 6) is -0.170. The maximum Gasteiger partial charge on any atom is 0.494 e. The molecule has 1 saturated heterocycles. The smallest absolute Gasteiger partial charge is 0.399 e. The van der Waals surface area contributed by atoms with E-state index in [-0.39, 0.29) is 5.91 Å². The number of hydrogen-bond donors (Lipinski definition) is 2. The lowest BCUT2D eigenvalue weighted by Gasteiger charge is -2.32. The zero-order chi connectivity index (χ0) is 26.4. The molecule has 0 saturated carbocycles. The quantitative estimate of drug-likeness (QED) is 0.390. The van der Waals surface area contributed by atoms with E-state index in [9.17, 15) is 4.79 Å². The van der Waals surface area contributed by atoms with Gasteiger partial charge in [0.2, 0.25) is 0 Å². The first-order chi connectivity index (χ1) is 17.5. The van der Waals surface area contributed by atoms with E-state index in [0.717, 1.165) is 34.5 Å². The SMILES string of the molecule is CN(C)Cc1ccc(N/C(=C2\C(=O)Nc3cc(B4OC(C)(C)C(C)(C)O4)ccc32)c2cccnc2)cc1. The number of hydrogen-bond acceptors (Lipinski definition) is 6. The van der Waals surface area contributed by atoms with Crippen LogP contribution in [0.25, 0.3) is 11.3 Å². The van der Waals surface area contributed by atoms with Crippen LogP contribution >= 0.6 is 0 Å². The highest BCUT2D eigenvalue weighted by Crippen LogP contribution is 2.39. The number of aromatic nitrogens is 1. The molecule has 8 heteroatoms. The lowest BCUT2D eigenvalue weighted by Crippen LogP contribution is -2.41. The third-order valence-electron chi connectivity index (χ3n) is 7.24. The number of carbonyl (C=O) groups excluding carboxylic acids is 1. The first-order valence-electron chi connectivity index (χ1n) is 12.5. The topological polar surface area (TPSA) is 75.7 Å². The first-order valence-corrected chi connectivity index (χ1v) is 12.5. The molecule has 7 nitrogen and oxygen atoms in total. The van der Waals surface area contributed by atoms with E-state index in [1.54, 1.807) is 12.4 Å². The number of fused-ring (bicyclic) bond motifs is 1. The highest BCUT2D eigenvalue weighted by Gasteiger charge is 2.52. The van der Waals surface area contributed by atoms with Gasteiger partial charge >= 0.3 is 7.12 Å². The zero-order valence-electron chi connectivity index (χ0n) is 22.3. The number of rotatable bonds is 6. The lowest BCUT2D eigenvalue weighted by molar-refractivity contribution is -0.110. The summed E-state index contributed by atoms with van der Waals surface area (Å²) >= 11 is 0. The van der Waals surface area contributed by atoms with Crippen LogP contribution < -0.4 is 16.1 Å². The average molecular weight is 496 g/mol. The van der Waals surface area contributed by atoms with Crippen LogP contribution in [0.1, 0.15) is 44.4 Å². The van der Waals surface area contributed by atoms with Gasteiger partial charge in [0.1, 0.15) is 0 Å². The van der Waals surface area contributed by atoms with Crippen molar-refractivity contribution in [2.75, 3.05) is 24.7 Å². The van der Waals surface area contributed by atoms with Crippen molar-refractivity contribution < 1.29 is 14.1 Å². The summed E-state index contributed by atoms with van der Waals surface area (Å²) in [6, 6.07) is 17.9. The molecular formula is C29H33BN4O3. The molecule has 2 aromatic carbocycles. The fourth-order valence-electron chi connectivity index (χ4n) is 4.56. The molecular weight excluding hydrogens is 463 g/mol. The summed E-state index contributed by atoms with van der Waals surface area (Å²) in [7, 11) is 3.59. The summed E-state index contributed by atoms with van der Waals surface area (Å²) in [5.41, 5.74) is 5.75. The zero-order valence-corrected chi connectivity index (χ0v) is 22.3. The van der Waals surface area contributed by atoms with Crippen molar-refractivity contribution in [1.82, 2.24) is 9.88 Å². The second-order valence-corrected chi connectivity index (χ2v) is 10.9. The van der Waals surface area contributed by atoms with Crippen molar-refractivity contribution in [1.29, 1.82) is 0 Å². The second kappa shape index (κ2) is 9.45. The molecule has 2 aliphatic rings. The van der Waals surface area contributed by atoms with Crippen LogP contribution in [0.2, 0.25) is 0 Å². The Morgan fingerprint density at radius 3 is 2.35 bits per heavy atom. The molecule has 1 amide bonds. The normalized spacial score (nSPS) is 19.1. The largest absolute Gasteiger partial charge is 0.494 e. The predicted octanol–water partition coefficient (Wildman–Crippen LogP) is 4.37. The average Bonchev–Trinajstić information content (AvgIpc) is 3.28.